The average molecular weight is 264 g/mol. The molecule has 5 nitrogen and oxygen atoms in total. The van der Waals surface area contributed by atoms with E-state index in [1.165, 1.54) is 0 Å². The van der Waals surface area contributed by atoms with Crippen molar-refractivity contribution in [3.63, 3.8) is 0 Å². The Labute approximate surface area is 113 Å². The lowest BCUT2D eigenvalue weighted by Crippen LogP contribution is -2.38. The van der Waals surface area contributed by atoms with Gasteiger partial charge in [-0.1, -0.05) is 0 Å². The highest BCUT2D eigenvalue weighted by Crippen LogP contribution is 2.28. The van der Waals surface area contributed by atoms with E-state index in [9.17, 15) is 4.79 Å². The highest BCUT2D eigenvalue weighted by molar-refractivity contribution is 5.81. The van der Waals surface area contributed by atoms with Gasteiger partial charge in [-0.25, -0.2) is 0 Å². The fourth-order valence-electron chi connectivity index (χ4n) is 2.18. The Bertz CT molecular complexity index is 456. The highest BCUT2D eigenvalue weighted by atomic mass is 16.5. The van der Waals surface area contributed by atoms with Gasteiger partial charge in [-0.2, -0.15) is 0 Å². The van der Waals surface area contributed by atoms with Crippen LogP contribution >= 0.6 is 0 Å². The fourth-order valence-corrected chi connectivity index (χ4v) is 2.18. The van der Waals surface area contributed by atoms with Crippen LogP contribution in [0.3, 0.4) is 0 Å². The Balaban J connectivity index is 2.05. The summed E-state index contributed by atoms with van der Waals surface area (Å²) in [5.41, 5.74) is 6.34. The fraction of sp³-hybridized carbons (Fsp3) is 0.500. The van der Waals surface area contributed by atoms with Crippen molar-refractivity contribution in [2.75, 3.05) is 25.9 Å². The summed E-state index contributed by atoms with van der Waals surface area (Å²) in [5, 5.41) is 0. The standard InChI is InChI=1S/C14H20N2O3/c1-10(14(17)16-7-3-4-8-16)19-13-9-11(18-2)5-6-12(13)15/h5-6,9-10H,3-4,7-8,15H2,1-2H3. The number of benzene rings is 1. The third kappa shape index (κ3) is 3.10. The number of nitrogen functional groups attached to an aromatic ring is 1. The summed E-state index contributed by atoms with van der Waals surface area (Å²) in [6, 6.07) is 5.17. The van der Waals surface area contributed by atoms with Gasteiger partial charge in [-0.05, 0) is 31.9 Å². The first-order valence-electron chi connectivity index (χ1n) is 6.51. The van der Waals surface area contributed by atoms with Crippen molar-refractivity contribution in [3.8, 4) is 11.5 Å². The predicted octanol–water partition coefficient (Wildman–Crippen LogP) is 1.67. The van der Waals surface area contributed by atoms with Gasteiger partial charge in [0.2, 0.25) is 0 Å². The Kier molecular flexibility index (Phi) is 4.14. The summed E-state index contributed by atoms with van der Waals surface area (Å²) in [4.78, 5) is 14.0. The minimum Gasteiger partial charge on any atom is -0.497 e. The number of ether oxygens (including phenoxy) is 2. The maximum atomic E-state index is 12.1. The minimum atomic E-state index is -0.535. The molecule has 1 fully saturated rings. The van der Waals surface area contributed by atoms with Gasteiger partial charge in [0.05, 0.1) is 12.8 Å². The molecule has 1 aliphatic heterocycles. The largest absolute Gasteiger partial charge is 0.497 e. The zero-order chi connectivity index (χ0) is 13.8. The van der Waals surface area contributed by atoms with Crippen molar-refractivity contribution in [3.05, 3.63) is 18.2 Å². The van der Waals surface area contributed by atoms with Crippen LogP contribution in [-0.2, 0) is 4.79 Å². The number of hydrogen-bond acceptors (Lipinski definition) is 4. The van der Waals surface area contributed by atoms with Crippen molar-refractivity contribution in [2.24, 2.45) is 0 Å². The van der Waals surface area contributed by atoms with Crippen LogP contribution in [-0.4, -0.2) is 37.1 Å². The van der Waals surface area contributed by atoms with Crippen LogP contribution < -0.4 is 15.2 Å². The molecule has 0 radical (unpaired) electrons. The van der Waals surface area contributed by atoms with E-state index in [4.69, 9.17) is 15.2 Å². The summed E-state index contributed by atoms with van der Waals surface area (Å²) in [7, 11) is 1.58. The third-order valence-corrected chi connectivity index (χ3v) is 3.29. The molecule has 0 aromatic heterocycles. The summed E-state index contributed by atoms with van der Waals surface area (Å²) in [6.45, 7) is 3.39. The lowest BCUT2D eigenvalue weighted by Gasteiger charge is -2.22. The first-order chi connectivity index (χ1) is 9.11. The number of carbonyl (C=O) groups excluding carboxylic acids is 1. The normalized spacial score (nSPS) is 16.2. The van der Waals surface area contributed by atoms with Crippen LogP contribution in [0.1, 0.15) is 19.8 Å². The quantitative estimate of drug-likeness (QED) is 0.840. The van der Waals surface area contributed by atoms with Crippen LogP contribution in [0.4, 0.5) is 5.69 Å². The molecular weight excluding hydrogens is 244 g/mol. The molecule has 1 atom stereocenters. The van der Waals surface area contributed by atoms with Crippen LogP contribution in [0.5, 0.6) is 11.5 Å². The summed E-state index contributed by atoms with van der Waals surface area (Å²) < 4.78 is 10.8. The molecule has 19 heavy (non-hydrogen) atoms. The highest BCUT2D eigenvalue weighted by Gasteiger charge is 2.25. The molecular formula is C14H20N2O3. The smallest absolute Gasteiger partial charge is 0.263 e. The molecule has 5 heteroatoms. The number of anilines is 1. The zero-order valence-electron chi connectivity index (χ0n) is 11.4. The van der Waals surface area contributed by atoms with Crippen molar-refractivity contribution >= 4 is 11.6 Å². The summed E-state index contributed by atoms with van der Waals surface area (Å²) >= 11 is 0. The number of nitrogens with zero attached hydrogens (tertiary/aromatic N) is 1. The molecule has 1 unspecified atom stereocenters. The van der Waals surface area contributed by atoms with E-state index in [1.54, 1.807) is 32.2 Å². The number of amides is 1. The Hall–Kier alpha value is -1.91. The summed E-state index contributed by atoms with van der Waals surface area (Å²) in [5.74, 6) is 1.16. The van der Waals surface area contributed by atoms with Gasteiger partial charge in [0.1, 0.15) is 11.5 Å². The molecule has 0 saturated carbocycles. The molecule has 0 bridgehead atoms. The first kappa shape index (κ1) is 13.5. The van der Waals surface area contributed by atoms with E-state index in [0.717, 1.165) is 25.9 Å². The van der Waals surface area contributed by atoms with Gasteiger partial charge < -0.3 is 20.1 Å². The second kappa shape index (κ2) is 5.82. The van der Waals surface area contributed by atoms with E-state index in [-0.39, 0.29) is 5.91 Å². The maximum Gasteiger partial charge on any atom is 0.263 e. The molecule has 1 amide bonds. The molecule has 0 aliphatic carbocycles. The third-order valence-electron chi connectivity index (χ3n) is 3.29. The molecule has 0 spiro atoms. The van der Waals surface area contributed by atoms with Crippen molar-refractivity contribution in [1.82, 2.24) is 4.90 Å². The predicted molar refractivity (Wildman–Crippen MR) is 73.3 cm³/mol. The van der Waals surface area contributed by atoms with E-state index in [0.29, 0.717) is 17.2 Å². The lowest BCUT2D eigenvalue weighted by atomic mass is 10.2. The Morgan fingerprint density at radius 3 is 2.68 bits per heavy atom. The molecule has 1 heterocycles. The number of nitrogens with two attached hydrogens (primary N) is 1. The number of rotatable bonds is 4. The van der Waals surface area contributed by atoms with E-state index in [1.807, 2.05) is 4.90 Å². The van der Waals surface area contributed by atoms with Gasteiger partial charge in [-0.3, -0.25) is 4.79 Å². The number of hydrogen-bond donors (Lipinski definition) is 1. The van der Waals surface area contributed by atoms with Gasteiger partial charge in [0.15, 0.2) is 6.10 Å². The zero-order valence-corrected chi connectivity index (χ0v) is 11.4. The van der Waals surface area contributed by atoms with Crippen molar-refractivity contribution in [1.29, 1.82) is 0 Å². The monoisotopic (exact) mass is 264 g/mol. The van der Waals surface area contributed by atoms with Crippen LogP contribution in [0.15, 0.2) is 18.2 Å². The van der Waals surface area contributed by atoms with Crippen LogP contribution in [0.25, 0.3) is 0 Å². The molecule has 1 saturated heterocycles. The number of likely N-dealkylation sites (tertiary alicyclic amines) is 1. The molecule has 1 aliphatic rings. The molecule has 104 valence electrons. The van der Waals surface area contributed by atoms with Crippen LogP contribution in [0.2, 0.25) is 0 Å². The molecule has 2 rings (SSSR count). The second-order valence-corrected chi connectivity index (χ2v) is 4.70. The minimum absolute atomic E-state index is 0.0136. The summed E-state index contributed by atoms with van der Waals surface area (Å²) in [6.07, 6.45) is 1.60. The average Bonchev–Trinajstić information content (AvgIpc) is 2.94. The van der Waals surface area contributed by atoms with E-state index < -0.39 is 6.10 Å². The Morgan fingerprint density at radius 1 is 1.37 bits per heavy atom. The van der Waals surface area contributed by atoms with E-state index in [2.05, 4.69) is 0 Å². The number of carbonyl (C=O) groups is 1. The number of methoxy groups -OCH3 is 1. The van der Waals surface area contributed by atoms with Crippen LogP contribution in [0, 0.1) is 0 Å². The molecule has 1 aromatic rings. The van der Waals surface area contributed by atoms with Crippen molar-refractivity contribution in [2.45, 2.75) is 25.9 Å². The SMILES string of the molecule is COc1ccc(N)c(OC(C)C(=O)N2CCCC2)c1. The molecule has 2 N–H and O–H groups in total. The van der Waals surface area contributed by atoms with Gasteiger partial charge in [0.25, 0.3) is 5.91 Å². The molecule has 1 aromatic carbocycles. The van der Waals surface area contributed by atoms with Crippen molar-refractivity contribution < 1.29 is 14.3 Å². The van der Waals surface area contributed by atoms with Gasteiger partial charge >= 0.3 is 0 Å². The van der Waals surface area contributed by atoms with Gasteiger partial charge in [0, 0.05) is 19.2 Å². The maximum absolute atomic E-state index is 12.1. The van der Waals surface area contributed by atoms with E-state index >= 15 is 0 Å². The lowest BCUT2D eigenvalue weighted by molar-refractivity contribution is -0.136. The Morgan fingerprint density at radius 2 is 2.05 bits per heavy atom. The second-order valence-electron chi connectivity index (χ2n) is 4.70. The first-order valence-corrected chi connectivity index (χ1v) is 6.51. The van der Waals surface area contributed by atoms with Gasteiger partial charge in [-0.15, -0.1) is 0 Å². The topological polar surface area (TPSA) is 64.8 Å².